The lowest BCUT2D eigenvalue weighted by Gasteiger charge is -2.21. The van der Waals surface area contributed by atoms with Crippen LogP contribution in [-0.2, 0) is 65.4 Å². The van der Waals surface area contributed by atoms with Crippen molar-refractivity contribution in [1.29, 1.82) is 0 Å². The first kappa shape index (κ1) is 97.1. The normalized spacial score (nSPS) is 14.2. The van der Waals surface area contributed by atoms with Gasteiger partial charge in [0.1, 0.15) is 19.3 Å². The molecule has 0 saturated carbocycles. The van der Waals surface area contributed by atoms with E-state index < -0.39 is 97.5 Å². The molecule has 0 aromatic rings. The maximum absolute atomic E-state index is 13.1. The molecule has 3 unspecified atom stereocenters. The Bertz CT molecular complexity index is 1910. The van der Waals surface area contributed by atoms with Gasteiger partial charge in [-0.25, -0.2) is 9.13 Å². The quantitative estimate of drug-likeness (QED) is 0.0222. The predicted molar refractivity (Wildman–Crippen MR) is 405 cm³/mol. The van der Waals surface area contributed by atoms with E-state index in [0.717, 1.165) is 108 Å². The zero-order chi connectivity index (χ0) is 72.8. The predicted octanol–water partition coefficient (Wildman–Crippen LogP) is 23.9. The van der Waals surface area contributed by atoms with Gasteiger partial charge in [-0.3, -0.25) is 37.3 Å². The van der Waals surface area contributed by atoms with E-state index >= 15 is 0 Å². The molecule has 0 aliphatic rings. The first-order valence-corrected chi connectivity index (χ1v) is 44.5. The maximum atomic E-state index is 13.1. The minimum absolute atomic E-state index is 0.106. The number of phosphoric acid groups is 2. The molecule has 0 rings (SSSR count). The number of aliphatic hydroxyl groups is 1. The first-order valence-electron chi connectivity index (χ1n) is 41.5. The first-order chi connectivity index (χ1) is 47.9. The number of ether oxygens (including phenoxy) is 4. The van der Waals surface area contributed by atoms with Gasteiger partial charge in [0.05, 0.1) is 26.4 Å². The lowest BCUT2D eigenvalue weighted by molar-refractivity contribution is -0.161. The Kier molecular flexibility index (Phi) is 70.3. The molecule has 0 bridgehead atoms. The van der Waals surface area contributed by atoms with Gasteiger partial charge in [0.2, 0.25) is 0 Å². The highest BCUT2D eigenvalue weighted by atomic mass is 31.2. The Balaban J connectivity index is 5.12. The van der Waals surface area contributed by atoms with Crippen molar-refractivity contribution in [3.05, 3.63) is 0 Å². The number of carbonyl (C=O) groups is 4. The van der Waals surface area contributed by atoms with Gasteiger partial charge in [-0.15, -0.1) is 0 Å². The van der Waals surface area contributed by atoms with Crippen LogP contribution in [0.25, 0.3) is 0 Å². The fraction of sp³-hybridized carbons (Fsp3) is 0.950. The molecule has 0 spiro atoms. The molecule has 19 heteroatoms. The van der Waals surface area contributed by atoms with Crippen LogP contribution in [0.2, 0.25) is 0 Å². The fourth-order valence-electron chi connectivity index (χ4n) is 12.3. The zero-order valence-corrected chi connectivity index (χ0v) is 66.6. The van der Waals surface area contributed by atoms with Crippen LogP contribution in [0.3, 0.4) is 0 Å². The topological polar surface area (TPSA) is 237 Å². The molecule has 3 N–H and O–H groups in total. The Morgan fingerprint density at radius 3 is 0.768 bits per heavy atom. The molecule has 17 nitrogen and oxygen atoms in total. The second-order valence-corrected chi connectivity index (χ2v) is 32.4. The summed E-state index contributed by atoms with van der Waals surface area (Å²) in [6, 6.07) is 0. The van der Waals surface area contributed by atoms with Crippen molar-refractivity contribution in [3.63, 3.8) is 0 Å². The molecule has 6 atom stereocenters. The summed E-state index contributed by atoms with van der Waals surface area (Å²) in [7, 11) is -9.91. The molecule has 0 heterocycles. The number of phosphoric ester groups is 2. The summed E-state index contributed by atoms with van der Waals surface area (Å²) in [6.45, 7) is 9.58. The summed E-state index contributed by atoms with van der Waals surface area (Å²) in [5, 5.41) is 10.6. The van der Waals surface area contributed by atoms with Crippen LogP contribution in [0.4, 0.5) is 0 Å². The number of carbonyl (C=O) groups excluding carboxylic acids is 4. The molecule has 0 aromatic heterocycles. The highest BCUT2D eigenvalue weighted by Crippen LogP contribution is 2.45. The van der Waals surface area contributed by atoms with Crippen LogP contribution in [0.5, 0.6) is 0 Å². The maximum Gasteiger partial charge on any atom is 0.472 e. The standard InChI is InChI=1S/C80H156O17P2/c1-7-10-12-14-15-16-17-18-19-20-21-22-23-24-25-28-32-35-41-46-52-58-64-80(85)97-76(69-91-78(83)63-57-51-45-40-34-31-29-26-27-30-33-38-43-49-54-60-72(4)5)71-95-99(88,89)93-67-74(81)66-92-98(86,87)94-70-75(68-90-77(82)62-56-48-13-11-8-2)96-79(84)65-59-53-47-42-37-36-39-44-50-55-61-73(6)9-3/h72-76,81H,7-71H2,1-6H3,(H,86,87)(H,88,89)/t73?,74-,75+,76+/m0/s1. The third-order valence-corrected chi connectivity index (χ3v) is 21.0. The van der Waals surface area contributed by atoms with Crippen molar-refractivity contribution in [1.82, 2.24) is 0 Å². The summed E-state index contributed by atoms with van der Waals surface area (Å²) in [6.07, 6.45) is 61.6. The molecule has 588 valence electrons. The number of unbranched alkanes of at least 4 members (excludes halogenated alkanes) is 48. The highest BCUT2D eigenvalue weighted by Gasteiger charge is 2.30. The van der Waals surface area contributed by atoms with Gasteiger partial charge in [-0.2, -0.15) is 0 Å². The van der Waals surface area contributed by atoms with Crippen molar-refractivity contribution in [2.45, 2.75) is 439 Å². The van der Waals surface area contributed by atoms with E-state index in [1.807, 2.05) is 0 Å². The fourth-order valence-corrected chi connectivity index (χ4v) is 13.9. The summed E-state index contributed by atoms with van der Waals surface area (Å²) < 4.78 is 68.4. The van der Waals surface area contributed by atoms with Gasteiger partial charge in [0.25, 0.3) is 0 Å². The van der Waals surface area contributed by atoms with Crippen LogP contribution in [-0.4, -0.2) is 96.7 Å². The molecular formula is C80H156O17P2. The van der Waals surface area contributed by atoms with Gasteiger partial charge in [-0.05, 0) is 37.5 Å². The molecule has 0 aliphatic heterocycles. The molecule has 99 heavy (non-hydrogen) atoms. The minimum atomic E-state index is -4.96. The smallest absolute Gasteiger partial charge is 0.462 e. The third kappa shape index (κ3) is 72.8. The van der Waals surface area contributed by atoms with E-state index in [9.17, 15) is 43.2 Å². The molecular weight excluding hydrogens is 1290 g/mol. The van der Waals surface area contributed by atoms with Gasteiger partial charge in [0, 0.05) is 25.7 Å². The molecule has 0 amide bonds. The van der Waals surface area contributed by atoms with E-state index in [4.69, 9.17) is 37.0 Å². The number of rotatable bonds is 79. The Morgan fingerprint density at radius 2 is 0.515 bits per heavy atom. The SMILES string of the molecule is CCCCCCCCCCCCCCCCCCCCCCCCC(=O)O[C@H](COC(=O)CCCCCCCCCCCCCCCCCC(C)C)COP(=O)(O)OC[C@@H](O)COP(=O)(O)OC[C@@H](COC(=O)CCCCCCC)OC(=O)CCCCCCCCCCCCC(C)CC. The van der Waals surface area contributed by atoms with Crippen molar-refractivity contribution < 1.29 is 80.2 Å². The number of aliphatic hydroxyl groups excluding tert-OH is 1. The van der Waals surface area contributed by atoms with Crippen molar-refractivity contribution in [2.75, 3.05) is 39.6 Å². The molecule has 0 saturated heterocycles. The van der Waals surface area contributed by atoms with E-state index in [1.54, 1.807) is 0 Å². The zero-order valence-electron chi connectivity index (χ0n) is 64.8. The molecule has 0 radical (unpaired) electrons. The van der Waals surface area contributed by atoms with Crippen LogP contribution >= 0.6 is 15.6 Å². The Hall–Kier alpha value is -1.94. The average molecular weight is 1450 g/mol. The second-order valence-electron chi connectivity index (χ2n) is 29.5. The van der Waals surface area contributed by atoms with Crippen LogP contribution in [0, 0.1) is 11.8 Å². The minimum Gasteiger partial charge on any atom is -0.462 e. The van der Waals surface area contributed by atoms with Crippen molar-refractivity contribution in [2.24, 2.45) is 11.8 Å². The number of hydrogen-bond donors (Lipinski definition) is 3. The summed E-state index contributed by atoms with van der Waals surface area (Å²) in [5.74, 6) is -0.514. The number of esters is 4. The van der Waals surface area contributed by atoms with Gasteiger partial charge >= 0.3 is 39.5 Å². The summed E-state index contributed by atoms with van der Waals surface area (Å²) in [5.41, 5.74) is 0. The molecule has 0 aliphatic carbocycles. The Labute approximate surface area is 607 Å². The van der Waals surface area contributed by atoms with E-state index in [2.05, 4.69) is 41.5 Å². The van der Waals surface area contributed by atoms with Crippen LogP contribution in [0.1, 0.15) is 420 Å². The lowest BCUT2D eigenvalue weighted by atomic mass is 9.99. The van der Waals surface area contributed by atoms with Gasteiger partial charge < -0.3 is 33.8 Å². The average Bonchev–Trinajstić information content (AvgIpc) is 1.05. The number of hydrogen-bond acceptors (Lipinski definition) is 15. The van der Waals surface area contributed by atoms with Crippen LogP contribution < -0.4 is 0 Å². The highest BCUT2D eigenvalue weighted by molar-refractivity contribution is 7.47. The monoisotopic (exact) mass is 1450 g/mol. The van der Waals surface area contributed by atoms with E-state index in [0.29, 0.717) is 25.7 Å². The third-order valence-electron chi connectivity index (χ3n) is 19.1. The van der Waals surface area contributed by atoms with Gasteiger partial charge in [-0.1, -0.05) is 369 Å². The van der Waals surface area contributed by atoms with E-state index in [1.165, 1.54) is 231 Å². The second kappa shape index (κ2) is 71.7. The summed E-state index contributed by atoms with van der Waals surface area (Å²) >= 11 is 0. The van der Waals surface area contributed by atoms with Crippen LogP contribution in [0.15, 0.2) is 0 Å². The largest absolute Gasteiger partial charge is 0.472 e. The summed E-state index contributed by atoms with van der Waals surface area (Å²) in [4.78, 5) is 72.7. The molecule has 0 fully saturated rings. The lowest BCUT2D eigenvalue weighted by Crippen LogP contribution is -2.30. The molecule has 0 aromatic carbocycles. The van der Waals surface area contributed by atoms with Crippen molar-refractivity contribution >= 4 is 39.5 Å². The van der Waals surface area contributed by atoms with E-state index in [-0.39, 0.29) is 25.7 Å². The van der Waals surface area contributed by atoms with Gasteiger partial charge in [0.15, 0.2) is 12.2 Å². The Morgan fingerprint density at radius 1 is 0.293 bits per heavy atom. The van der Waals surface area contributed by atoms with Crippen molar-refractivity contribution in [3.8, 4) is 0 Å².